The van der Waals surface area contributed by atoms with Gasteiger partial charge in [-0.25, -0.2) is 0 Å². The molecule has 1 rings (SSSR count). The van der Waals surface area contributed by atoms with Crippen LogP contribution in [0.3, 0.4) is 0 Å². The average molecular weight is 218 g/mol. The zero-order chi connectivity index (χ0) is 7.56. The normalized spacial score (nSPS) is 9.30. The Bertz CT molecular complexity index is 260. The SMILES string of the molecule is N=C([Se])c1ccccc1Cl. The molecule has 3 heteroatoms. The van der Waals surface area contributed by atoms with Gasteiger partial charge in [0.25, 0.3) is 0 Å². The third-order valence-corrected chi connectivity index (χ3v) is 1.91. The van der Waals surface area contributed by atoms with Gasteiger partial charge >= 0.3 is 72.5 Å². The first-order valence-corrected chi connectivity index (χ1v) is 3.95. The second-order valence-electron chi connectivity index (χ2n) is 1.81. The van der Waals surface area contributed by atoms with E-state index < -0.39 is 0 Å². The Morgan fingerprint density at radius 3 is 2.40 bits per heavy atom. The van der Waals surface area contributed by atoms with Crippen LogP contribution in [0.25, 0.3) is 0 Å². The summed E-state index contributed by atoms with van der Waals surface area (Å²) in [5, 5.41) is 7.85. The van der Waals surface area contributed by atoms with E-state index in [9.17, 15) is 0 Å². The van der Waals surface area contributed by atoms with E-state index in [1.165, 1.54) is 0 Å². The van der Waals surface area contributed by atoms with Crippen molar-refractivity contribution in [2.24, 2.45) is 0 Å². The van der Waals surface area contributed by atoms with Crippen LogP contribution in [-0.2, 0) is 0 Å². The third kappa shape index (κ3) is 1.60. The van der Waals surface area contributed by atoms with Gasteiger partial charge in [0.15, 0.2) is 0 Å². The number of hydrogen-bond acceptors (Lipinski definition) is 1. The van der Waals surface area contributed by atoms with E-state index in [-0.39, 0.29) is 0 Å². The molecule has 0 fully saturated rings. The molecule has 0 spiro atoms. The van der Waals surface area contributed by atoms with Crippen LogP contribution < -0.4 is 0 Å². The Hall–Kier alpha value is -0.301. The van der Waals surface area contributed by atoms with Crippen molar-refractivity contribution in [3.05, 3.63) is 34.9 Å². The Balaban J connectivity index is 3.15. The van der Waals surface area contributed by atoms with E-state index in [0.29, 0.717) is 9.63 Å². The predicted molar refractivity (Wildman–Crippen MR) is 44.0 cm³/mol. The van der Waals surface area contributed by atoms with Gasteiger partial charge in [0.05, 0.1) is 0 Å². The zero-order valence-electron chi connectivity index (χ0n) is 5.10. The van der Waals surface area contributed by atoms with Gasteiger partial charge in [0.1, 0.15) is 0 Å². The molecule has 1 N–H and O–H groups in total. The number of hydrogen-bond donors (Lipinski definition) is 1. The van der Waals surface area contributed by atoms with Crippen molar-refractivity contribution in [3.63, 3.8) is 0 Å². The van der Waals surface area contributed by atoms with Crippen LogP contribution in [0.2, 0.25) is 5.02 Å². The van der Waals surface area contributed by atoms with Crippen LogP contribution in [0.5, 0.6) is 0 Å². The van der Waals surface area contributed by atoms with E-state index in [1.807, 2.05) is 12.1 Å². The molecule has 1 radical (unpaired) electrons. The topological polar surface area (TPSA) is 23.9 Å². The molecule has 0 aliphatic carbocycles. The molecule has 0 unspecified atom stereocenters. The molecule has 51 valence electrons. The predicted octanol–water partition coefficient (Wildman–Crippen LogP) is 1.83. The van der Waals surface area contributed by atoms with Crippen molar-refractivity contribution in [2.45, 2.75) is 0 Å². The van der Waals surface area contributed by atoms with Crippen molar-refractivity contribution in [1.29, 1.82) is 5.41 Å². The number of halogens is 1. The summed E-state index contributed by atoms with van der Waals surface area (Å²) in [4.78, 5) is 0. The Kier molecular flexibility index (Phi) is 2.50. The molecule has 0 heterocycles. The minimum absolute atomic E-state index is 0.380. The summed E-state index contributed by atoms with van der Waals surface area (Å²) in [6, 6.07) is 7.27. The molecule has 0 atom stereocenters. The van der Waals surface area contributed by atoms with E-state index in [1.54, 1.807) is 12.1 Å². The summed E-state index contributed by atoms with van der Waals surface area (Å²) in [6.07, 6.45) is 0. The molecular formula is C7H5ClNSe. The summed E-state index contributed by atoms with van der Waals surface area (Å²) < 4.78 is 0.380. The van der Waals surface area contributed by atoms with E-state index in [0.717, 1.165) is 5.56 Å². The fraction of sp³-hybridized carbons (Fsp3) is 0. The Labute approximate surface area is 72.7 Å². The van der Waals surface area contributed by atoms with Gasteiger partial charge in [-0.15, -0.1) is 0 Å². The molecule has 0 aromatic heterocycles. The Morgan fingerprint density at radius 1 is 1.40 bits per heavy atom. The molecule has 0 aliphatic heterocycles. The standard InChI is InChI=1S/C7H5ClNSe/c8-6-4-2-1-3-5(6)7(9)10/h1-4,9H. The van der Waals surface area contributed by atoms with Gasteiger partial charge in [-0.05, 0) is 0 Å². The summed E-state index contributed by atoms with van der Waals surface area (Å²) in [7, 11) is 0. The van der Waals surface area contributed by atoms with Crippen LogP contribution in [0.4, 0.5) is 0 Å². The van der Waals surface area contributed by atoms with Crippen LogP contribution in [0.15, 0.2) is 24.3 Å². The summed E-state index contributed by atoms with van der Waals surface area (Å²) >= 11 is 8.35. The Morgan fingerprint density at radius 2 is 2.00 bits per heavy atom. The molecule has 0 aliphatic rings. The monoisotopic (exact) mass is 218 g/mol. The van der Waals surface area contributed by atoms with Crippen molar-refractivity contribution in [1.82, 2.24) is 0 Å². The summed E-state index contributed by atoms with van der Waals surface area (Å²) in [5.41, 5.74) is 0.754. The molecule has 10 heavy (non-hydrogen) atoms. The first kappa shape index (κ1) is 7.80. The van der Waals surface area contributed by atoms with Crippen molar-refractivity contribution in [3.8, 4) is 0 Å². The quantitative estimate of drug-likeness (QED) is 0.548. The number of benzene rings is 1. The summed E-state index contributed by atoms with van der Waals surface area (Å²) in [6.45, 7) is 0. The van der Waals surface area contributed by atoms with Crippen molar-refractivity contribution >= 4 is 32.2 Å². The van der Waals surface area contributed by atoms with Crippen molar-refractivity contribution < 1.29 is 0 Å². The maximum atomic E-state index is 7.24. The van der Waals surface area contributed by atoms with Gasteiger partial charge in [-0.2, -0.15) is 0 Å². The van der Waals surface area contributed by atoms with Crippen LogP contribution in [0, 0.1) is 5.41 Å². The van der Waals surface area contributed by atoms with Crippen LogP contribution in [-0.4, -0.2) is 20.6 Å². The molecule has 1 aromatic rings. The molecule has 0 saturated carbocycles. The third-order valence-electron chi connectivity index (χ3n) is 1.12. The average Bonchev–Trinajstić information content (AvgIpc) is 1.88. The fourth-order valence-corrected chi connectivity index (χ4v) is 1.38. The first-order valence-electron chi connectivity index (χ1n) is 2.72. The zero-order valence-corrected chi connectivity index (χ0v) is 7.56. The van der Waals surface area contributed by atoms with Gasteiger partial charge in [0.2, 0.25) is 0 Å². The number of nitrogens with one attached hydrogen (secondary N) is 1. The van der Waals surface area contributed by atoms with Crippen LogP contribution in [0.1, 0.15) is 5.56 Å². The fourth-order valence-electron chi connectivity index (χ4n) is 0.645. The van der Waals surface area contributed by atoms with Crippen molar-refractivity contribution in [2.75, 3.05) is 0 Å². The molecule has 1 aromatic carbocycles. The summed E-state index contributed by atoms with van der Waals surface area (Å²) in [5.74, 6) is 0. The van der Waals surface area contributed by atoms with Gasteiger partial charge in [-0.3, -0.25) is 0 Å². The molecule has 0 bridgehead atoms. The van der Waals surface area contributed by atoms with Gasteiger partial charge < -0.3 is 0 Å². The molecule has 0 amide bonds. The molecule has 1 nitrogen and oxygen atoms in total. The van der Waals surface area contributed by atoms with Gasteiger partial charge in [-0.1, -0.05) is 0 Å². The second kappa shape index (κ2) is 3.20. The van der Waals surface area contributed by atoms with E-state index in [4.69, 9.17) is 17.0 Å². The first-order chi connectivity index (χ1) is 4.72. The van der Waals surface area contributed by atoms with Gasteiger partial charge in [0, 0.05) is 0 Å². The second-order valence-corrected chi connectivity index (χ2v) is 3.07. The maximum absolute atomic E-state index is 7.24. The van der Waals surface area contributed by atoms with Crippen LogP contribution >= 0.6 is 11.6 Å². The molecule has 0 saturated heterocycles. The van der Waals surface area contributed by atoms with E-state index >= 15 is 0 Å². The van der Waals surface area contributed by atoms with E-state index in [2.05, 4.69) is 16.0 Å². The molecular weight excluding hydrogens is 212 g/mol. The number of rotatable bonds is 1. The minimum atomic E-state index is 0.380.